The maximum Gasteiger partial charge on any atom is 0.181 e. The van der Waals surface area contributed by atoms with Gasteiger partial charge in [-0.3, -0.25) is 4.79 Å². The summed E-state index contributed by atoms with van der Waals surface area (Å²) in [5, 5.41) is 0. The topological polar surface area (TPSA) is 22.0 Å². The molecule has 0 spiro atoms. The second-order valence-electron chi connectivity index (χ2n) is 2.32. The highest BCUT2D eigenvalue weighted by Gasteiger charge is 1.91. The molecule has 1 aromatic heterocycles. The van der Waals surface area contributed by atoms with Crippen LogP contribution in [0.5, 0.6) is 0 Å². The average Bonchev–Trinajstić information content (AvgIpc) is 1.94. The van der Waals surface area contributed by atoms with Gasteiger partial charge in [-0.1, -0.05) is 6.92 Å². The summed E-state index contributed by atoms with van der Waals surface area (Å²) >= 11 is 0. The molecule has 10 heavy (non-hydrogen) atoms. The molecular formula is C8H11NO. The molecule has 0 saturated heterocycles. The summed E-state index contributed by atoms with van der Waals surface area (Å²) in [6, 6.07) is 3.24. The largest absolute Gasteiger partial charge is 0.354 e. The lowest BCUT2D eigenvalue weighted by Gasteiger charge is -2.02. The van der Waals surface area contributed by atoms with E-state index in [1.807, 2.05) is 18.5 Å². The molecule has 2 nitrogen and oxygen atoms in total. The van der Waals surface area contributed by atoms with Crippen molar-refractivity contribution in [1.29, 1.82) is 0 Å². The van der Waals surface area contributed by atoms with Crippen LogP contribution in [0.15, 0.2) is 23.1 Å². The van der Waals surface area contributed by atoms with Gasteiger partial charge in [-0.2, -0.15) is 0 Å². The molecule has 1 heterocycles. The molecule has 0 atom stereocenters. The van der Waals surface area contributed by atoms with Crippen molar-refractivity contribution in [3.05, 3.63) is 34.2 Å². The number of nitrogens with zero attached hydrogens (tertiary/aromatic N) is 1. The van der Waals surface area contributed by atoms with E-state index in [-0.39, 0.29) is 5.43 Å². The molecule has 0 aliphatic rings. The smallest absolute Gasteiger partial charge is 0.181 e. The molecule has 1 rings (SSSR count). The molecule has 0 N–H and O–H groups in total. The zero-order chi connectivity index (χ0) is 7.56. The minimum Gasteiger partial charge on any atom is -0.354 e. The van der Waals surface area contributed by atoms with E-state index in [0.29, 0.717) is 0 Å². The maximum absolute atomic E-state index is 10.8. The van der Waals surface area contributed by atoms with Crippen molar-refractivity contribution in [2.24, 2.45) is 7.05 Å². The fourth-order valence-electron chi connectivity index (χ4n) is 0.947. The molecule has 0 aliphatic carbocycles. The predicted molar refractivity (Wildman–Crippen MR) is 41.1 cm³/mol. The second-order valence-corrected chi connectivity index (χ2v) is 2.32. The number of rotatable bonds is 1. The van der Waals surface area contributed by atoms with Gasteiger partial charge >= 0.3 is 0 Å². The van der Waals surface area contributed by atoms with Crippen molar-refractivity contribution >= 4 is 0 Å². The van der Waals surface area contributed by atoms with Crippen LogP contribution in [0.25, 0.3) is 0 Å². The summed E-state index contributed by atoms with van der Waals surface area (Å²) in [7, 11) is 1.94. The van der Waals surface area contributed by atoms with Crippen LogP contribution in [0.4, 0.5) is 0 Å². The van der Waals surface area contributed by atoms with Crippen LogP contribution in [0.3, 0.4) is 0 Å². The first-order chi connectivity index (χ1) is 4.74. The zero-order valence-corrected chi connectivity index (χ0v) is 6.29. The third-order valence-corrected chi connectivity index (χ3v) is 1.59. The van der Waals surface area contributed by atoms with Gasteiger partial charge in [0.1, 0.15) is 0 Å². The highest BCUT2D eigenvalue weighted by Crippen LogP contribution is 1.93. The molecule has 0 bridgehead atoms. The number of aryl methyl sites for hydroxylation is 2. The van der Waals surface area contributed by atoms with Gasteiger partial charge in [0.05, 0.1) is 0 Å². The van der Waals surface area contributed by atoms with Crippen molar-refractivity contribution in [1.82, 2.24) is 4.57 Å². The van der Waals surface area contributed by atoms with Gasteiger partial charge in [0.25, 0.3) is 0 Å². The quantitative estimate of drug-likeness (QED) is 0.564. The fraction of sp³-hybridized carbons (Fsp3) is 0.375. The number of hydrogen-bond acceptors (Lipinski definition) is 1. The molecule has 0 aliphatic heterocycles. The summed E-state index contributed by atoms with van der Waals surface area (Å²) in [6.45, 7) is 2.04. The summed E-state index contributed by atoms with van der Waals surface area (Å²) in [5.41, 5.74) is 1.17. The Labute approximate surface area is 60.1 Å². The van der Waals surface area contributed by atoms with Crippen molar-refractivity contribution in [3.8, 4) is 0 Å². The Balaban J connectivity index is 3.22. The molecule has 0 amide bonds. The van der Waals surface area contributed by atoms with Crippen LogP contribution in [0.2, 0.25) is 0 Å². The van der Waals surface area contributed by atoms with Crippen LogP contribution in [-0.4, -0.2) is 4.57 Å². The van der Waals surface area contributed by atoms with Crippen molar-refractivity contribution < 1.29 is 0 Å². The third kappa shape index (κ3) is 1.26. The third-order valence-electron chi connectivity index (χ3n) is 1.59. The van der Waals surface area contributed by atoms with E-state index in [0.717, 1.165) is 12.1 Å². The standard InChI is InChI=1S/C8H11NO/c1-3-7-6-8(10)4-5-9(7)2/h4-6H,3H2,1-2H3. The lowest BCUT2D eigenvalue weighted by Crippen LogP contribution is -2.06. The number of pyridine rings is 1. The molecule has 1 aromatic rings. The Bertz CT molecular complexity index is 275. The van der Waals surface area contributed by atoms with Gasteiger partial charge in [-0.05, 0) is 6.42 Å². The van der Waals surface area contributed by atoms with Crippen molar-refractivity contribution in [2.75, 3.05) is 0 Å². The molecule has 0 aromatic carbocycles. The fourth-order valence-corrected chi connectivity index (χ4v) is 0.947. The Kier molecular flexibility index (Phi) is 1.90. The van der Waals surface area contributed by atoms with Crippen LogP contribution in [0.1, 0.15) is 12.6 Å². The molecule has 2 heteroatoms. The normalized spacial score (nSPS) is 9.80. The summed E-state index contributed by atoms with van der Waals surface area (Å²) < 4.78 is 1.96. The number of aromatic nitrogens is 1. The van der Waals surface area contributed by atoms with E-state index in [2.05, 4.69) is 0 Å². The van der Waals surface area contributed by atoms with E-state index in [9.17, 15) is 4.79 Å². The SMILES string of the molecule is CCc1cc(=O)ccn1C. The lowest BCUT2D eigenvalue weighted by molar-refractivity contribution is 0.810. The summed E-state index contributed by atoms with van der Waals surface area (Å²) in [5.74, 6) is 0. The van der Waals surface area contributed by atoms with Crippen LogP contribution >= 0.6 is 0 Å². The number of hydrogen-bond donors (Lipinski definition) is 0. The molecule has 0 fully saturated rings. The summed E-state index contributed by atoms with van der Waals surface area (Å²) in [6.07, 6.45) is 2.70. The Morgan fingerprint density at radius 2 is 2.30 bits per heavy atom. The van der Waals surface area contributed by atoms with Crippen molar-refractivity contribution in [2.45, 2.75) is 13.3 Å². The molecule has 54 valence electrons. The van der Waals surface area contributed by atoms with Crippen LogP contribution in [0, 0.1) is 0 Å². The van der Waals surface area contributed by atoms with Gasteiger partial charge in [0, 0.05) is 31.1 Å². The van der Waals surface area contributed by atoms with E-state index in [4.69, 9.17) is 0 Å². The van der Waals surface area contributed by atoms with Gasteiger partial charge in [-0.15, -0.1) is 0 Å². The van der Waals surface area contributed by atoms with E-state index >= 15 is 0 Å². The minimum absolute atomic E-state index is 0.0925. The molecule has 0 saturated carbocycles. The molecule has 0 radical (unpaired) electrons. The highest BCUT2D eigenvalue weighted by atomic mass is 16.1. The Morgan fingerprint density at radius 3 is 2.80 bits per heavy atom. The van der Waals surface area contributed by atoms with Gasteiger partial charge in [0.15, 0.2) is 5.43 Å². The van der Waals surface area contributed by atoms with Gasteiger partial charge < -0.3 is 4.57 Å². The average molecular weight is 137 g/mol. The maximum atomic E-state index is 10.8. The second kappa shape index (κ2) is 2.69. The lowest BCUT2D eigenvalue weighted by atomic mass is 10.3. The van der Waals surface area contributed by atoms with E-state index in [1.54, 1.807) is 18.3 Å². The Hall–Kier alpha value is -1.05. The van der Waals surface area contributed by atoms with E-state index in [1.165, 1.54) is 0 Å². The zero-order valence-electron chi connectivity index (χ0n) is 6.29. The van der Waals surface area contributed by atoms with Crippen LogP contribution < -0.4 is 5.43 Å². The Morgan fingerprint density at radius 1 is 1.60 bits per heavy atom. The highest BCUT2D eigenvalue weighted by molar-refractivity contribution is 5.05. The van der Waals surface area contributed by atoms with Crippen molar-refractivity contribution in [3.63, 3.8) is 0 Å². The first kappa shape index (κ1) is 7.06. The molecule has 0 unspecified atom stereocenters. The summed E-state index contributed by atoms with van der Waals surface area (Å²) in [4.78, 5) is 10.8. The van der Waals surface area contributed by atoms with E-state index < -0.39 is 0 Å². The monoisotopic (exact) mass is 137 g/mol. The first-order valence-electron chi connectivity index (χ1n) is 3.39. The van der Waals surface area contributed by atoms with Gasteiger partial charge in [-0.25, -0.2) is 0 Å². The minimum atomic E-state index is 0.0925. The first-order valence-corrected chi connectivity index (χ1v) is 3.39. The predicted octanol–water partition coefficient (Wildman–Crippen LogP) is 0.948. The van der Waals surface area contributed by atoms with Crippen LogP contribution in [-0.2, 0) is 13.5 Å². The molecular weight excluding hydrogens is 126 g/mol. The van der Waals surface area contributed by atoms with Gasteiger partial charge in [0.2, 0.25) is 0 Å².